The van der Waals surface area contributed by atoms with Crippen molar-refractivity contribution in [1.82, 2.24) is 14.9 Å². The molecule has 0 aliphatic carbocycles. The van der Waals surface area contributed by atoms with E-state index in [2.05, 4.69) is 10.3 Å². The van der Waals surface area contributed by atoms with Gasteiger partial charge in [0, 0.05) is 38.5 Å². The smallest absolute Gasteiger partial charge is 0.218 e. The molecule has 2 aromatic rings. The summed E-state index contributed by atoms with van der Waals surface area (Å²) < 4.78 is 12.6. The van der Waals surface area contributed by atoms with Crippen LogP contribution >= 0.6 is 0 Å². The molecule has 0 fully saturated rings. The van der Waals surface area contributed by atoms with Crippen LogP contribution < -0.4 is 20.5 Å². The normalized spacial score (nSPS) is 12.0. The van der Waals surface area contributed by atoms with E-state index in [9.17, 15) is 4.79 Å². The third-order valence-electron chi connectivity index (χ3n) is 3.54. The number of nitrogens with one attached hydrogen (secondary N) is 1. The molecule has 0 aliphatic rings. The lowest BCUT2D eigenvalue weighted by atomic mass is 10.0. The van der Waals surface area contributed by atoms with Gasteiger partial charge in [-0.25, -0.2) is 4.98 Å². The van der Waals surface area contributed by atoms with Crippen LogP contribution in [0.1, 0.15) is 23.9 Å². The number of carbonyl (C=O) groups excluding carboxylic acids is 1. The fraction of sp³-hybridized carbons (Fsp3) is 0.375. The van der Waals surface area contributed by atoms with E-state index in [1.807, 2.05) is 36.0 Å². The predicted octanol–water partition coefficient (Wildman–Crippen LogP) is 0.992. The first-order valence-electron chi connectivity index (χ1n) is 7.27. The number of hydrogen-bond acceptors (Lipinski definition) is 5. The van der Waals surface area contributed by atoms with Gasteiger partial charge in [0.25, 0.3) is 0 Å². The van der Waals surface area contributed by atoms with Gasteiger partial charge in [-0.05, 0) is 17.7 Å². The number of amides is 1. The number of methoxy groups -OCH3 is 2. The number of rotatable bonds is 8. The molecule has 0 radical (unpaired) electrons. The first-order valence-corrected chi connectivity index (χ1v) is 7.27. The summed E-state index contributed by atoms with van der Waals surface area (Å²) in [6.07, 6.45) is 3.85. The van der Waals surface area contributed by atoms with Crippen LogP contribution in [-0.2, 0) is 11.8 Å². The third kappa shape index (κ3) is 4.23. The number of imidazole rings is 1. The van der Waals surface area contributed by atoms with Crippen LogP contribution in [0.15, 0.2) is 30.6 Å². The van der Waals surface area contributed by atoms with Gasteiger partial charge in [-0.1, -0.05) is 0 Å². The summed E-state index contributed by atoms with van der Waals surface area (Å²) in [5.74, 6) is 1.86. The summed E-state index contributed by atoms with van der Waals surface area (Å²) in [4.78, 5) is 15.4. The minimum atomic E-state index is -0.348. The zero-order chi connectivity index (χ0) is 16.8. The Labute approximate surface area is 135 Å². The van der Waals surface area contributed by atoms with Crippen molar-refractivity contribution in [2.75, 3.05) is 20.8 Å². The second kappa shape index (κ2) is 7.64. The van der Waals surface area contributed by atoms with Gasteiger partial charge in [-0.2, -0.15) is 0 Å². The fourth-order valence-electron chi connectivity index (χ4n) is 2.35. The van der Waals surface area contributed by atoms with E-state index < -0.39 is 0 Å². The zero-order valence-electron chi connectivity index (χ0n) is 13.6. The molecule has 1 aromatic carbocycles. The summed E-state index contributed by atoms with van der Waals surface area (Å²) in [5.41, 5.74) is 6.15. The van der Waals surface area contributed by atoms with Crippen LogP contribution in [0, 0.1) is 0 Å². The first kappa shape index (κ1) is 16.8. The SMILES string of the molecule is COc1cc(OC)cc([C@@H](NCCC(N)=O)c2nccn2C)c1. The van der Waals surface area contributed by atoms with E-state index in [0.29, 0.717) is 18.0 Å². The van der Waals surface area contributed by atoms with Crippen LogP contribution in [0.3, 0.4) is 0 Å². The number of aryl methyl sites for hydroxylation is 1. The van der Waals surface area contributed by atoms with Crippen molar-refractivity contribution in [2.24, 2.45) is 12.8 Å². The topological polar surface area (TPSA) is 91.4 Å². The van der Waals surface area contributed by atoms with Crippen molar-refractivity contribution >= 4 is 5.91 Å². The Bertz CT molecular complexity index is 647. The van der Waals surface area contributed by atoms with Crippen molar-refractivity contribution in [3.63, 3.8) is 0 Å². The van der Waals surface area contributed by atoms with E-state index in [1.54, 1.807) is 20.4 Å². The van der Waals surface area contributed by atoms with Crippen LogP contribution in [0.2, 0.25) is 0 Å². The number of carbonyl (C=O) groups is 1. The maximum absolute atomic E-state index is 11.0. The number of hydrogen-bond donors (Lipinski definition) is 2. The number of aromatic nitrogens is 2. The van der Waals surface area contributed by atoms with Gasteiger partial charge in [-0.3, -0.25) is 4.79 Å². The van der Waals surface area contributed by atoms with Gasteiger partial charge in [0.1, 0.15) is 17.3 Å². The monoisotopic (exact) mass is 318 g/mol. The van der Waals surface area contributed by atoms with Crippen LogP contribution in [0.5, 0.6) is 11.5 Å². The highest BCUT2D eigenvalue weighted by molar-refractivity contribution is 5.73. The Kier molecular flexibility index (Phi) is 5.59. The highest BCUT2D eigenvalue weighted by Crippen LogP contribution is 2.29. The number of primary amides is 1. The minimum absolute atomic E-state index is 0.210. The largest absolute Gasteiger partial charge is 0.497 e. The molecule has 0 saturated heterocycles. The molecule has 0 unspecified atom stereocenters. The second-order valence-electron chi connectivity index (χ2n) is 5.15. The second-order valence-corrected chi connectivity index (χ2v) is 5.15. The molecule has 7 nitrogen and oxygen atoms in total. The van der Waals surface area contributed by atoms with Crippen molar-refractivity contribution < 1.29 is 14.3 Å². The summed E-state index contributed by atoms with van der Waals surface area (Å²) in [7, 11) is 5.13. The molecule has 3 N–H and O–H groups in total. The summed E-state index contributed by atoms with van der Waals surface area (Å²) in [5, 5.41) is 3.32. The van der Waals surface area contributed by atoms with E-state index in [4.69, 9.17) is 15.2 Å². The molecule has 7 heteroatoms. The Hall–Kier alpha value is -2.54. The van der Waals surface area contributed by atoms with E-state index in [0.717, 1.165) is 11.4 Å². The number of benzene rings is 1. The highest BCUT2D eigenvalue weighted by Gasteiger charge is 2.19. The maximum atomic E-state index is 11.0. The van der Waals surface area contributed by atoms with Crippen LogP contribution in [0.4, 0.5) is 0 Å². The zero-order valence-corrected chi connectivity index (χ0v) is 13.6. The molecular formula is C16H22N4O3. The summed E-state index contributed by atoms with van der Waals surface area (Å²) >= 11 is 0. The van der Waals surface area contributed by atoms with Crippen molar-refractivity contribution in [1.29, 1.82) is 0 Å². The van der Waals surface area contributed by atoms with E-state index in [1.165, 1.54) is 0 Å². The maximum Gasteiger partial charge on any atom is 0.218 e. The Morgan fingerprint density at radius 1 is 1.30 bits per heavy atom. The lowest BCUT2D eigenvalue weighted by Crippen LogP contribution is -2.28. The highest BCUT2D eigenvalue weighted by atomic mass is 16.5. The van der Waals surface area contributed by atoms with Gasteiger partial charge >= 0.3 is 0 Å². The lowest BCUT2D eigenvalue weighted by Gasteiger charge is -2.20. The van der Waals surface area contributed by atoms with Gasteiger partial charge < -0.3 is 25.1 Å². The third-order valence-corrected chi connectivity index (χ3v) is 3.54. The molecule has 2 rings (SSSR count). The molecule has 1 amide bonds. The van der Waals surface area contributed by atoms with Crippen LogP contribution in [-0.4, -0.2) is 36.2 Å². The molecule has 1 heterocycles. The Morgan fingerprint density at radius 2 is 1.96 bits per heavy atom. The lowest BCUT2D eigenvalue weighted by molar-refractivity contribution is -0.117. The molecule has 0 saturated carbocycles. The van der Waals surface area contributed by atoms with Crippen molar-refractivity contribution in [3.8, 4) is 11.5 Å². The molecule has 23 heavy (non-hydrogen) atoms. The Balaban J connectivity index is 2.36. The molecule has 0 aliphatic heterocycles. The molecule has 1 atom stereocenters. The van der Waals surface area contributed by atoms with Crippen molar-refractivity contribution in [2.45, 2.75) is 12.5 Å². The van der Waals surface area contributed by atoms with Crippen molar-refractivity contribution in [3.05, 3.63) is 42.0 Å². The average Bonchev–Trinajstić information content (AvgIpc) is 2.96. The van der Waals surface area contributed by atoms with Gasteiger partial charge in [-0.15, -0.1) is 0 Å². The molecular weight excluding hydrogens is 296 g/mol. The molecule has 124 valence electrons. The summed E-state index contributed by atoms with van der Waals surface area (Å²) in [6, 6.07) is 5.43. The standard InChI is InChI=1S/C16H22N4O3/c1-20-7-6-19-16(20)15(18-5-4-14(17)21)11-8-12(22-2)10-13(9-11)23-3/h6-10,15,18H,4-5H2,1-3H3,(H2,17,21)/t15-/m1/s1. The molecule has 0 bridgehead atoms. The number of ether oxygens (including phenoxy) is 2. The number of nitrogens with two attached hydrogens (primary N) is 1. The quantitative estimate of drug-likeness (QED) is 0.757. The minimum Gasteiger partial charge on any atom is -0.497 e. The van der Waals surface area contributed by atoms with Gasteiger partial charge in [0.2, 0.25) is 5.91 Å². The van der Waals surface area contributed by atoms with Gasteiger partial charge in [0.05, 0.1) is 20.3 Å². The van der Waals surface area contributed by atoms with Crippen LogP contribution in [0.25, 0.3) is 0 Å². The average molecular weight is 318 g/mol. The predicted molar refractivity (Wildman–Crippen MR) is 86.4 cm³/mol. The fourth-order valence-corrected chi connectivity index (χ4v) is 2.35. The first-order chi connectivity index (χ1) is 11.0. The Morgan fingerprint density at radius 3 is 2.43 bits per heavy atom. The molecule has 1 aromatic heterocycles. The van der Waals surface area contributed by atoms with E-state index in [-0.39, 0.29) is 18.4 Å². The van der Waals surface area contributed by atoms with E-state index >= 15 is 0 Å². The summed E-state index contributed by atoms with van der Waals surface area (Å²) in [6.45, 7) is 0.451. The molecule has 0 spiro atoms. The number of nitrogens with zero attached hydrogens (tertiary/aromatic N) is 2. The van der Waals surface area contributed by atoms with Gasteiger partial charge in [0.15, 0.2) is 0 Å².